The Morgan fingerprint density at radius 2 is 2.21 bits per heavy atom. The number of aromatic nitrogens is 2. The molecule has 100 valence electrons. The van der Waals surface area contributed by atoms with E-state index in [1.54, 1.807) is 18.3 Å². The number of hydrogen-bond acceptors (Lipinski definition) is 3. The Bertz CT molecular complexity index is 590. The molecule has 2 aromatic rings. The minimum Gasteiger partial charge on any atom is -0.491 e. The second-order valence-electron chi connectivity index (χ2n) is 4.27. The van der Waals surface area contributed by atoms with Crippen LogP contribution in [0.2, 0.25) is 0 Å². The highest BCUT2D eigenvalue weighted by Gasteiger charge is 2.13. The number of imidazole rings is 1. The molecule has 5 heteroatoms. The number of aryl methyl sites for hydroxylation is 2. The Morgan fingerprint density at radius 1 is 1.42 bits per heavy atom. The average molecular weight is 260 g/mol. The van der Waals surface area contributed by atoms with Gasteiger partial charge in [0.2, 0.25) is 0 Å². The van der Waals surface area contributed by atoms with E-state index in [9.17, 15) is 4.79 Å². The van der Waals surface area contributed by atoms with E-state index >= 15 is 0 Å². The second kappa shape index (κ2) is 5.56. The van der Waals surface area contributed by atoms with E-state index in [1.165, 1.54) is 0 Å². The van der Waals surface area contributed by atoms with Crippen LogP contribution in [0.1, 0.15) is 21.7 Å². The van der Waals surface area contributed by atoms with Gasteiger partial charge in [-0.2, -0.15) is 0 Å². The van der Waals surface area contributed by atoms with Gasteiger partial charge in [0, 0.05) is 12.4 Å². The van der Waals surface area contributed by atoms with E-state index in [-0.39, 0.29) is 5.56 Å². The van der Waals surface area contributed by atoms with Gasteiger partial charge in [-0.1, -0.05) is 12.1 Å². The van der Waals surface area contributed by atoms with E-state index < -0.39 is 5.97 Å². The van der Waals surface area contributed by atoms with Gasteiger partial charge in [0.15, 0.2) is 0 Å². The standard InChI is InChI=1S/C14H16N2O3/c1-10-4-3-5-12(14(17)18)13(10)19-9-8-16-7-6-15-11(16)2/h3-7H,8-9H2,1-2H3,(H,17,18). The monoisotopic (exact) mass is 260 g/mol. The number of carbonyl (C=O) groups is 1. The molecular formula is C14H16N2O3. The van der Waals surface area contributed by atoms with Crippen molar-refractivity contribution in [3.63, 3.8) is 0 Å². The lowest BCUT2D eigenvalue weighted by Gasteiger charge is -2.12. The topological polar surface area (TPSA) is 64.3 Å². The molecule has 0 aliphatic rings. The average Bonchev–Trinajstić information content (AvgIpc) is 2.77. The lowest BCUT2D eigenvalue weighted by Crippen LogP contribution is -2.11. The van der Waals surface area contributed by atoms with Gasteiger partial charge in [-0.3, -0.25) is 0 Å². The Morgan fingerprint density at radius 3 is 2.84 bits per heavy atom. The van der Waals surface area contributed by atoms with Crippen LogP contribution in [0.4, 0.5) is 0 Å². The van der Waals surface area contributed by atoms with Crippen molar-refractivity contribution in [3.05, 3.63) is 47.5 Å². The van der Waals surface area contributed by atoms with E-state index in [2.05, 4.69) is 4.98 Å². The first-order chi connectivity index (χ1) is 9.09. The fraction of sp³-hybridized carbons (Fsp3) is 0.286. The molecule has 0 atom stereocenters. The lowest BCUT2D eigenvalue weighted by atomic mass is 10.1. The van der Waals surface area contributed by atoms with Crippen molar-refractivity contribution in [2.75, 3.05) is 6.61 Å². The molecule has 2 rings (SSSR count). The molecule has 0 aliphatic carbocycles. The number of rotatable bonds is 5. The summed E-state index contributed by atoms with van der Waals surface area (Å²) >= 11 is 0. The number of benzene rings is 1. The molecule has 0 amide bonds. The first kappa shape index (κ1) is 13.1. The first-order valence-electron chi connectivity index (χ1n) is 6.03. The second-order valence-corrected chi connectivity index (χ2v) is 4.27. The van der Waals surface area contributed by atoms with Crippen LogP contribution >= 0.6 is 0 Å². The van der Waals surface area contributed by atoms with Crippen LogP contribution in [0, 0.1) is 13.8 Å². The number of hydrogen-bond donors (Lipinski definition) is 1. The Hall–Kier alpha value is -2.30. The maximum absolute atomic E-state index is 11.1. The van der Waals surface area contributed by atoms with Crippen LogP contribution in [0.25, 0.3) is 0 Å². The summed E-state index contributed by atoms with van der Waals surface area (Å²) in [6.07, 6.45) is 3.60. The number of carboxylic acid groups (broad SMARTS) is 1. The third-order valence-electron chi connectivity index (χ3n) is 2.94. The zero-order valence-electron chi connectivity index (χ0n) is 11.0. The first-order valence-corrected chi connectivity index (χ1v) is 6.03. The van der Waals surface area contributed by atoms with Gasteiger partial charge in [0.25, 0.3) is 0 Å². The smallest absolute Gasteiger partial charge is 0.339 e. The molecular weight excluding hydrogens is 244 g/mol. The molecule has 1 aromatic heterocycles. The number of aromatic carboxylic acids is 1. The summed E-state index contributed by atoms with van der Waals surface area (Å²) < 4.78 is 7.59. The summed E-state index contributed by atoms with van der Waals surface area (Å²) in [4.78, 5) is 15.2. The highest BCUT2D eigenvalue weighted by molar-refractivity contribution is 5.91. The molecule has 0 fully saturated rings. The fourth-order valence-corrected chi connectivity index (χ4v) is 1.90. The predicted molar refractivity (Wildman–Crippen MR) is 70.6 cm³/mol. The normalized spacial score (nSPS) is 10.4. The zero-order valence-corrected chi connectivity index (χ0v) is 11.0. The maximum Gasteiger partial charge on any atom is 0.339 e. The SMILES string of the molecule is Cc1cccc(C(=O)O)c1OCCn1ccnc1C. The Balaban J connectivity index is 2.07. The fourth-order valence-electron chi connectivity index (χ4n) is 1.90. The summed E-state index contributed by atoms with van der Waals surface area (Å²) in [6, 6.07) is 5.10. The molecule has 5 nitrogen and oxygen atoms in total. The molecule has 0 unspecified atom stereocenters. The van der Waals surface area contributed by atoms with Crippen LogP contribution < -0.4 is 4.74 Å². The van der Waals surface area contributed by atoms with E-state index in [0.29, 0.717) is 18.9 Å². The van der Waals surface area contributed by atoms with Crippen molar-refractivity contribution in [2.45, 2.75) is 20.4 Å². The number of nitrogens with zero attached hydrogens (tertiary/aromatic N) is 2. The maximum atomic E-state index is 11.1. The van der Waals surface area contributed by atoms with Gasteiger partial charge >= 0.3 is 5.97 Å². The molecule has 19 heavy (non-hydrogen) atoms. The van der Waals surface area contributed by atoms with Gasteiger partial charge in [-0.05, 0) is 25.5 Å². The molecule has 1 heterocycles. The molecule has 1 N–H and O–H groups in total. The molecule has 0 spiro atoms. The molecule has 0 saturated heterocycles. The third-order valence-corrected chi connectivity index (χ3v) is 2.94. The van der Waals surface area contributed by atoms with Crippen molar-refractivity contribution < 1.29 is 14.6 Å². The molecule has 0 radical (unpaired) electrons. The largest absolute Gasteiger partial charge is 0.491 e. The quantitative estimate of drug-likeness (QED) is 0.895. The molecule has 0 bridgehead atoms. The molecule has 1 aromatic carbocycles. The summed E-state index contributed by atoms with van der Waals surface area (Å²) in [7, 11) is 0. The van der Waals surface area contributed by atoms with E-state index in [0.717, 1.165) is 11.4 Å². The van der Waals surface area contributed by atoms with Crippen LogP contribution in [0.5, 0.6) is 5.75 Å². The molecule has 0 aliphatic heterocycles. The number of carboxylic acids is 1. The van der Waals surface area contributed by atoms with Crippen molar-refractivity contribution in [2.24, 2.45) is 0 Å². The highest BCUT2D eigenvalue weighted by Crippen LogP contribution is 2.23. The Labute approximate surface area is 111 Å². The van der Waals surface area contributed by atoms with Crippen molar-refractivity contribution >= 4 is 5.97 Å². The lowest BCUT2D eigenvalue weighted by molar-refractivity contribution is 0.0692. The van der Waals surface area contributed by atoms with Crippen molar-refractivity contribution in [1.82, 2.24) is 9.55 Å². The van der Waals surface area contributed by atoms with Crippen LogP contribution in [0.3, 0.4) is 0 Å². The predicted octanol–water partition coefficient (Wildman–Crippen LogP) is 2.28. The van der Waals surface area contributed by atoms with Gasteiger partial charge in [0.1, 0.15) is 23.7 Å². The van der Waals surface area contributed by atoms with Gasteiger partial charge in [0.05, 0.1) is 6.54 Å². The number of para-hydroxylation sites is 1. The van der Waals surface area contributed by atoms with E-state index in [1.807, 2.05) is 30.7 Å². The van der Waals surface area contributed by atoms with Crippen molar-refractivity contribution in [1.29, 1.82) is 0 Å². The summed E-state index contributed by atoms with van der Waals surface area (Å²) in [5.41, 5.74) is 1.02. The zero-order chi connectivity index (χ0) is 13.8. The minimum atomic E-state index is -0.975. The summed E-state index contributed by atoms with van der Waals surface area (Å²) in [6.45, 7) is 4.79. The van der Waals surface area contributed by atoms with Crippen LogP contribution in [-0.2, 0) is 6.54 Å². The van der Waals surface area contributed by atoms with Gasteiger partial charge in [-0.15, -0.1) is 0 Å². The van der Waals surface area contributed by atoms with E-state index in [4.69, 9.17) is 9.84 Å². The summed E-state index contributed by atoms with van der Waals surface area (Å²) in [5, 5.41) is 9.12. The van der Waals surface area contributed by atoms with Crippen LogP contribution in [-0.4, -0.2) is 27.2 Å². The van der Waals surface area contributed by atoms with Crippen LogP contribution in [0.15, 0.2) is 30.6 Å². The minimum absolute atomic E-state index is 0.197. The number of ether oxygens (including phenoxy) is 1. The molecule has 0 saturated carbocycles. The van der Waals surface area contributed by atoms with Gasteiger partial charge in [-0.25, -0.2) is 9.78 Å². The highest BCUT2D eigenvalue weighted by atomic mass is 16.5. The summed E-state index contributed by atoms with van der Waals surface area (Å²) in [5.74, 6) is 0.372. The van der Waals surface area contributed by atoms with Crippen molar-refractivity contribution in [3.8, 4) is 5.75 Å². The Kier molecular flexibility index (Phi) is 3.85. The third kappa shape index (κ3) is 2.93. The van der Waals surface area contributed by atoms with Gasteiger partial charge < -0.3 is 14.4 Å².